The molecule has 0 spiro atoms. The van der Waals surface area contributed by atoms with E-state index in [2.05, 4.69) is 21.2 Å². The molecule has 2 rings (SSSR count). The number of carbonyl (C=O) groups excluding carboxylic acids is 1. The first kappa shape index (κ1) is 13.1. The van der Waals surface area contributed by atoms with E-state index in [-0.39, 0.29) is 17.7 Å². The van der Waals surface area contributed by atoms with Gasteiger partial charge in [0.1, 0.15) is 0 Å². The van der Waals surface area contributed by atoms with Gasteiger partial charge in [0.05, 0.1) is 17.7 Å². The number of halogens is 1. The first-order valence-electron chi connectivity index (χ1n) is 5.83. The van der Waals surface area contributed by atoms with Gasteiger partial charge in [-0.05, 0) is 40.8 Å². The van der Waals surface area contributed by atoms with E-state index in [4.69, 9.17) is 9.52 Å². The van der Waals surface area contributed by atoms with E-state index in [1.165, 1.54) is 6.26 Å². The van der Waals surface area contributed by atoms with E-state index in [0.717, 1.165) is 12.8 Å². The summed E-state index contributed by atoms with van der Waals surface area (Å²) in [6.07, 6.45) is 3.89. The van der Waals surface area contributed by atoms with Gasteiger partial charge in [0.2, 0.25) is 0 Å². The molecule has 98 valence electrons. The highest BCUT2D eigenvalue weighted by Gasteiger charge is 2.33. The van der Waals surface area contributed by atoms with E-state index in [1.807, 2.05) is 0 Å². The molecule has 1 aromatic heterocycles. The van der Waals surface area contributed by atoms with E-state index >= 15 is 0 Å². The number of hydrogen-bond acceptors (Lipinski definition) is 3. The van der Waals surface area contributed by atoms with Crippen LogP contribution in [0.4, 0.5) is 0 Å². The van der Waals surface area contributed by atoms with Crippen LogP contribution >= 0.6 is 15.9 Å². The van der Waals surface area contributed by atoms with E-state index in [0.29, 0.717) is 23.2 Å². The minimum absolute atomic E-state index is 0.0251. The van der Waals surface area contributed by atoms with Crippen LogP contribution in [0.3, 0.4) is 0 Å². The molecule has 1 saturated carbocycles. The van der Waals surface area contributed by atoms with Crippen LogP contribution in [0.1, 0.15) is 29.6 Å². The molecule has 1 aromatic rings. The molecule has 6 heteroatoms. The Labute approximate surface area is 113 Å². The summed E-state index contributed by atoms with van der Waals surface area (Å²) in [6.45, 7) is 0.396. The lowest BCUT2D eigenvalue weighted by atomic mass is 9.96. The maximum Gasteiger partial charge on any atom is 0.306 e. The number of carbonyl (C=O) groups is 2. The minimum Gasteiger partial charge on any atom is -0.481 e. The van der Waals surface area contributed by atoms with Gasteiger partial charge in [-0.25, -0.2) is 0 Å². The summed E-state index contributed by atoms with van der Waals surface area (Å²) in [5.41, 5.74) is 0.430. The molecular formula is C12H14BrNO4. The molecule has 0 radical (unpaired) electrons. The topological polar surface area (TPSA) is 79.5 Å². The maximum absolute atomic E-state index is 11.8. The molecule has 18 heavy (non-hydrogen) atoms. The van der Waals surface area contributed by atoms with Crippen molar-refractivity contribution in [1.29, 1.82) is 0 Å². The van der Waals surface area contributed by atoms with Gasteiger partial charge in [0.25, 0.3) is 5.91 Å². The number of amides is 1. The normalized spacial score (nSPS) is 22.9. The average Bonchev–Trinajstić information content (AvgIpc) is 2.94. The van der Waals surface area contributed by atoms with E-state index < -0.39 is 5.97 Å². The van der Waals surface area contributed by atoms with Crippen LogP contribution in [0.2, 0.25) is 0 Å². The number of carboxylic acid groups (broad SMARTS) is 1. The SMILES string of the molecule is O=C(NCC1CCCC1C(=O)O)c1ccoc1Br. The van der Waals surface area contributed by atoms with Gasteiger partial charge in [0, 0.05) is 6.54 Å². The summed E-state index contributed by atoms with van der Waals surface area (Å²) in [4.78, 5) is 22.8. The second kappa shape index (κ2) is 5.56. The summed E-state index contributed by atoms with van der Waals surface area (Å²) in [5, 5.41) is 11.8. The number of nitrogens with one attached hydrogen (secondary N) is 1. The van der Waals surface area contributed by atoms with Crippen LogP contribution in [-0.2, 0) is 4.79 Å². The molecule has 2 atom stereocenters. The molecule has 2 unspecified atom stereocenters. The molecular weight excluding hydrogens is 302 g/mol. The second-order valence-corrected chi connectivity index (χ2v) is 5.17. The van der Waals surface area contributed by atoms with Crippen molar-refractivity contribution in [3.8, 4) is 0 Å². The highest BCUT2D eigenvalue weighted by Crippen LogP contribution is 2.31. The third kappa shape index (κ3) is 2.75. The third-order valence-corrected chi connectivity index (χ3v) is 3.98. The standard InChI is InChI=1S/C12H14BrNO4/c13-10-9(4-5-18-10)11(15)14-6-7-2-1-3-8(7)12(16)17/h4-5,7-8H,1-3,6H2,(H,14,15)(H,16,17). The summed E-state index contributed by atoms with van der Waals surface area (Å²) in [7, 11) is 0. The van der Waals surface area contributed by atoms with E-state index in [1.54, 1.807) is 6.07 Å². The van der Waals surface area contributed by atoms with Gasteiger partial charge in [-0.15, -0.1) is 0 Å². The Morgan fingerprint density at radius 1 is 1.50 bits per heavy atom. The van der Waals surface area contributed by atoms with Gasteiger partial charge in [-0.3, -0.25) is 9.59 Å². The summed E-state index contributed by atoms with van der Waals surface area (Å²) in [6, 6.07) is 1.57. The van der Waals surface area contributed by atoms with Crippen molar-refractivity contribution in [3.63, 3.8) is 0 Å². The first-order valence-corrected chi connectivity index (χ1v) is 6.63. The van der Waals surface area contributed by atoms with Gasteiger partial charge < -0.3 is 14.8 Å². The Kier molecular flexibility index (Phi) is 4.06. The molecule has 1 aliphatic carbocycles. The molecule has 5 nitrogen and oxygen atoms in total. The fourth-order valence-corrected chi connectivity index (χ4v) is 2.80. The number of carboxylic acids is 1. The Morgan fingerprint density at radius 3 is 2.89 bits per heavy atom. The Bertz CT molecular complexity index is 457. The molecule has 0 bridgehead atoms. The summed E-state index contributed by atoms with van der Waals surface area (Å²) < 4.78 is 5.37. The van der Waals surface area contributed by atoms with Gasteiger partial charge in [-0.2, -0.15) is 0 Å². The summed E-state index contributed by atoms with van der Waals surface area (Å²) >= 11 is 3.13. The molecule has 0 aliphatic heterocycles. The van der Waals surface area contributed by atoms with Crippen molar-refractivity contribution in [3.05, 3.63) is 22.6 Å². The van der Waals surface area contributed by atoms with Gasteiger partial charge >= 0.3 is 5.97 Å². The zero-order valence-corrected chi connectivity index (χ0v) is 11.3. The fourth-order valence-electron chi connectivity index (χ4n) is 2.38. The van der Waals surface area contributed by atoms with Gasteiger partial charge in [-0.1, -0.05) is 6.42 Å². The molecule has 2 N–H and O–H groups in total. The monoisotopic (exact) mass is 315 g/mol. The largest absolute Gasteiger partial charge is 0.481 e. The lowest BCUT2D eigenvalue weighted by molar-refractivity contribution is -0.142. The molecule has 0 saturated heterocycles. The van der Waals surface area contributed by atoms with Crippen LogP contribution in [0, 0.1) is 11.8 Å². The van der Waals surface area contributed by atoms with Crippen molar-refractivity contribution in [1.82, 2.24) is 5.32 Å². The Morgan fingerprint density at radius 2 is 2.28 bits per heavy atom. The summed E-state index contributed by atoms with van der Waals surface area (Å²) in [5.74, 6) is -1.32. The molecule has 1 fully saturated rings. The molecule has 0 aromatic carbocycles. The maximum atomic E-state index is 11.8. The number of rotatable bonds is 4. The number of furan rings is 1. The van der Waals surface area contributed by atoms with Crippen molar-refractivity contribution >= 4 is 27.8 Å². The molecule has 1 aliphatic rings. The van der Waals surface area contributed by atoms with Crippen LogP contribution in [-0.4, -0.2) is 23.5 Å². The minimum atomic E-state index is -0.767. The quantitative estimate of drug-likeness (QED) is 0.893. The lowest BCUT2D eigenvalue weighted by Crippen LogP contribution is -2.32. The predicted octanol–water partition coefficient (Wildman–Crippen LogP) is 2.27. The van der Waals surface area contributed by atoms with Crippen molar-refractivity contribution in [2.45, 2.75) is 19.3 Å². The predicted molar refractivity (Wildman–Crippen MR) is 67.2 cm³/mol. The van der Waals surface area contributed by atoms with Crippen LogP contribution in [0.5, 0.6) is 0 Å². The zero-order chi connectivity index (χ0) is 13.1. The first-order chi connectivity index (χ1) is 8.59. The Balaban J connectivity index is 1.90. The van der Waals surface area contributed by atoms with Crippen molar-refractivity contribution in [2.24, 2.45) is 11.8 Å². The highest BCUT2D eigenvalue weighted by molar-refractivity contribution is 9.10. The third-order valence-electron chi connectivity index (χ3n) is 3.36. The zero-order valence-electron chi connectivity index (χ0n) is 9.69. The van der Waals surface area contributed by atoms with Crippen LogP contribution in [0.15, 0.2) is 21.4 Å². The van der Waals surface area contributed by atoms with Crippen LogP contribution < -0.4 is 5.32 Å². The molecule has 1 amide bonds. The van der Waals surface area contributed by atoms with Crippen LogP contribution in [0.25, 0.3) is 0 Å². The lowest BCUT2D eigenvalue weighted by Gasteiger charge is -2.15. The number of hydrogen-bond donors (Lipinski definition) is 2. The highest BCUT2D eigenvalue weighted by atomic mass is 79.9. The average molecular weight is 316 g/mol. The van der Waals surface area contributed by atoms with Crippen molar-refractivity contribution in [2.75, 3.05) is 6.54 Å². The molecule has 1 heterocycles. The Hall–Kier alpha value is -1.30. The van der Waals surface area contributed by atoms with E-state index in [9.17, 15) is 9.59 Å². The second-order valence-electron chi connectivity index (χ2n) is 4.45. The van der Waals surface area contributed by atoms with Gasteiger partial charge in [0.15, 0.2) is 4.67 Å². The smallest absolute Gasteiger partial charge is 0.306 e. The van der Waals surface area contributed by atoms with Crippen molar-refractivity contribution < 1.29 is 19.1 Å². The number of aliphatic carboxylic acids is 1. The fraction of sp³-hybridized carbons (Fsp3) is 0.500.